The van der Waals surface area contributed by atoms with Gasteiger partial charge in [-0.15, -0.1) is 0 Å². The Balaban J connectivity index is 1.30. The van der Waals surface area contributed by atoms with E-state index in [4.69, 9.17) is 9.31 Å². The molecule has 0 unspecified atom stereocenters. The van der Waals surface area contributed by atoms with Gasteiger partial charge in [0.15, 0.2) is 0 Å². The van der Waals surface area contributed by atoms with E-state index in [1.54, 1.807) is 12.1 Å². The summed E-state index contributed by atoms with van der Waals surface area (Å²) in [6.45, 7) is 12.5. The number of aliphatic hydroxyl groups is 1. The third-order valence-corrected chi connectivity index (χ3v) is 9.41. The summed E-state index contributed by atoms with van der Waals surface area (Å²) in [4.78, 5) is 26.6. The molecule has 0 spiro atoms. The van der Waals surface area contributed by atoms with Crippen molar-refractivity contribution in [2.75, 3.05) is 0 Å². The molecule has 3 N–H and O–H groups in total. The molecule has 7 atom stereocenters. The standard InChI is InChI=1S/C30H41BN2O5/c1-17(2)13-25(31-37-24-16-22-15-23(29(22,4)5)30(24,6)38-31)32-28(36)26(18(3)34)33-27(35)21-12-11-19-9-7-8-10-20(19)14-21/h7-12,14,17-18,22-26,34H,13,15-16H2,1-6H3,(H,32,36)(H,33,35)/t18-,22+,23+,24-,25+,26+,30+/m1/s1. The third kappa shape index (κ3) is 4.76. The predicted octanol–water partition coefficient (Wildman–Crippen LogP) is 4.12. The van der Waals surface area contributed by atoms with E-state index in [1.807, 2.05) is 30.3 Å². The Morgan fingerprint density at radius 3 is 2.42 bits per heavy atom. The first-order valence-corrected chi connectivity index (χ1v) is 14.0. The number of amides is 2. The fraction of sp³-hybridized carbons (Fsp3) is 0.600. The first kappa shape index (κ1) is 27.2. The van der Waals surface area contributed by atoms with Crippen LogP contribution in [-0.2, 0) is 14.1 Å². The summed E-state index contributed by atoms with van der Waals surface area (Å²) < 4.78 is 13.1. The lowest BCUT2D eigenvalue weighted by molar-refractivity contribution is -0.199. The molecule has 3 aliphatic carbocycles. The Bertz CT molecular complexity index is 1220. The maximum absolute atomic E-state index is 13.5. The van der Waals surface area contributed by atoms with Crippen molar-refractivity contribution in [3.63, 3.8) is 0 Å². The number of carbonyl (C=O) groups is 2. The normalized spacial score (nSPS) is 29.8. The summed E-state index contributed by atoms with van der Waals surface area (Å²) in [6, 6.07) is 12.1. The van der Waals surface area contributed by atoms with Gasteiger partial charge in [0.25, 0.3) is 5.91 Å². The quantitative estimate of drug-likeness (QED) is 0.455. The molecule has 3 saturated carbocycles. The number of nitrogens with one attached hydrogen (secondary N) is 2. The molecule has 0 aromatic heterocycles. The average molecular weight is 520 g/mol. The number of fused-ring (bicyclic) bond motifs is 1. The molecular weight excluding hydrogens is 479 g/mol. The lowest BCUT2D eigenvalue weighted by Gasteiger charge is -2.64. The second-order valence-electron chi connectivity index (χ2n) is 12.8. The zero-order valence-corrected chi connectivity index (χ0v) is 23.4. The molecule has 8 heteroatoms. The Kier molecular flexibility index (Phi) is 7.12. The maximum atomic E-state index is 13.5. The van der Waals surface area contributed by atoms with Crippen molar-refractivity contribution in [1.29, 1.82) is 0 Å². The zero-order chi connectivity index (χ0) is 27.4. The van der Waals surface area contributed by atoms with E-state index in [9.17, 15) is 14.7 Å². The molecular formula is C30H41BN2O5. The number of carbonyl (C=O) groups excluding carboxylic acids is 2. The highest BCUT2D eigenvalue weighted by Crippen LogP contribution is 2.65. The van der Waals surface area contributed by atoms with E-state index < -0.39 is 37.0 Å². The van der Waals surface area contributed by atoms with Gasteiger partial charge in [0.05, 0.1) is 23.8 Å². The highest BCUT2D eigenvalue weighted by molar-refractivity contribution is 6.48. The molecule has 4 aliphatic rings. The monoisotopic (exact) mass is 520 g/mol. The summed E-state index contributed by atoms with van der Waals surface area (Å²) in [5.74, 6) is 0.0821. The molecule has 2 bridgehead atoms. The summed E-state index contributed by atoms with van der Waals surface area (Å²) in [5, 5.41) is 18.3. The molecule has 2 amide bonds. The minimum atomic E-state index is -1.12. The van der Waals surface area contributed by atoms with Gasteiger partial charge in [-0.2, -0.15) is 0 Å². The topological polar surface area (TPSA) is 96.9 Å². The summed E-state index contributed by atoms with van der Waals surface area (Å²) in [7, 11) is -0.572. The van der Waals surface area contributed by atoms with Crippen molar-refractivity contribution in [1.82, 2.24) is 10.6 Å². The van der Waals surface area contributed by atoms with Crippen LogP contribution in [0.1, 0.15) is 71.2 Å². The van der Waals surface area contributed by atoms with Gasteiger partial charge in [-0.05, 0) is 79.2 Å². The lowest BCUT2D eigenvalue weighted by Crippen LogP contribution is -2.65. The van der Waals surface area contributed by atoms with Gasteiger partial charge < -0.3 is 25.0 Å². The average Bonchev–Trinajstić information content (AvgIpc) is 3.23. The Labute approximate surface area is 226 Å². The molecule has 1 aliphatic heterocycles. The second-order valence-corrected chi connectivity index (χ2v) is 12.8. The largest absolute Gasteiger partial charge is 0.481 e. The van der Waals surface area contributed by atoms with Crippen molar-refractivity contribution < 1.29 is 24.0 Å². The highest BCUT2D eigenvalue weighted by Gasteiger charge is 2.68. The van der Waals surface area contributed by atoms with Gasteiger partial charge in [-0.3, -0.25) is 9.59 Å². The fourth-order valence-corrected chi connectivity index (χ4v) is 7.05. The third-order valence-electron chi connectivity index (χ3n) is 9.41. The number of hydrogen-bond acceptors (Lipinski definition) is 5. The van der Waals surface area contributed by atoms with Crippen molar-refractivity contribution in [2.24, 2.45) is 23.2 Å². The van der Waals surface area contributed by atoms with Crippen LogP contribution in [-0.4, -0.2) is 53.8 Å². The number of benzene rings is 2. The van der Waals surface area contributed by atoms with Gasteiger partial charge in [0, 0.05) is 5.56 Å². The molecule has 6 rings (SSSR count). The van der Waals surface area contributed by atoms with E-state index in [0.717, 1.165) is 23.6 Å². The molecule has 1 heterocycles. The van der Waals surface area contributed by atoms with E-state index in [2.05, 4.69) is 45.3 Å². The minimum absolute atomic E-state index is 0.0102. The smallest absolute Gasteiger partial charge is 0.404 e. The van der Waals surface area contributed by atoms with Gasteiger partial charge >= 0.3 is 7.12 Å². The van der Waals surface area contributed by atoms with Gasteiger partial charge in [0.1, 0.15) is 6.04 Å². The molecule has 0 radical (unpaired) electrons. The molecule has 1 saturated heterocycles. The van der Waals surface area contributed by atoms with Crippen LogP contribution in [0.15, 0.2) is 42.5 Å². The van der Waals surface area contributed by atoms with Gasteiger partial charge in [0.2, 0.25) is 5.91 Å². The van der Waals surface area contributed by atoms with Crippen LogP contribution in [0, 0.1) is 23.2 Å². The maximum Gasteiger partial charge on any atom is 0.481 e. The summed E-state index contributed by atoms with van der Waals surface area (Å²) in [5.41, 5.74) is 0.281. The van der Waals surface area contributed by atoms with E-state index >= 15 is 0 Å². The first-order chi connectivity index (χ1) is 17.9. The van der Waals surface area contributed by atoms with Crippen LogP contribution in [0.5, 0.6) is 0 Å². The van der Waals surface area contributed by atoms with Crippen LogP contribution in [0.2, 0.25) is 0 Å². The number of rotatable bonds is 8. The number of hydrogen-bond donors (Lipinski definition) is 3. The van der Waals surface area contributed by atoms with Crippen molar-refractivity contribution in [3.8, 4) is 0 Å². The molecule has 2 aromatic rings. The van der Waals surface area contributed by atoms with Crippen molar-refractivity contribution >= 4 is 29.7 Å². The van der Waals surface area contributed by atoms with Gasteiger partial charge in [-0.1, -0.05) is 58.0 Å². The minimum Gasteiger partial charge on any atom is -0.404 e. The van der Waals surface area contributed by atoms with Crippen LogP contribution < -0.4 is 10.6 Å². The molecule has 38 heavy (non-hydrogen) atoms. The lowest BCUT2D eigenvalue weighted by atomic mass is 9.43. The Hall–Kier alpha value is -2.42. The fourth-order valence-electron chi connectivity index (χ4n) is 7.05. The van der Waals surface area contributed by atoms with Crippen molar-refractivity contribution in [2.45, 2.75) is 90.6 Å². The highest BCUT2D eigenvalue weighted by atomic mass is 16.7. The van der Waals surface area contributed by atoms with Crippen LogP contribution in [0.25, 0.3) is 10.8 Å². The van der Waals surface area contributed by atoms with Crippen LogP contribution in [0.4, 0.5) is 0 Å². The summed E-state index contributed by atoms with van der Waals surface area (Å²) >= 11 is 0. The van der Waals surface area contributed by atoms with Crippen LogP contribution in [0.3, 0.4) is 0 Å². The van der Waals surface area contributed by atoms with E-state index in [1.165, 1.54) is 6.92 Å². The molecule has 4 fully saturated rings. The number of aliphatic hydroxyl groups excluding tert-OH is 1. The van der Waals surface area contributed by atoms with E-state index in [0.29, 0.717) is 23.8 Å². The van der Waals surface area contributed by atoms with E-state index in [-0.39, 0.29) is 23.0 Å². The Morgan fingerprint density at radius 2 is 1.76 bits per heavy atom. The zero-order valence-electron chi connectivity index (χ0n) is 23.4. The Morgan fingerprint density at radius 1 is 1.05 bits per heavy atom. The molecule has 7 nitrogen and oxygen atoms in total. The molecule has 204 valence electrons. The predicted molar refractivity (Wildman–Crippen MR) is 148 cm³/mol. The molecule has 2 aromatic carbocycles. The summed E-state index contributed by atoms with van der Waals surface area (Å²) in [6.07, 6.45) is 1.70. The van der Waals surface area contributed by atoms with Crippen molar-refractivity contribution in [3.05, 3.63) is 48.0 Å². The van der Waals surface area contributed by atoms with Gasteiger partial charge in [-0.25, -0.2) is 0 Å². The van der Waals surface area contributed by atoms with Crippen LogP contribution >= 0.6 is 0 Å². The second kappa shape index (κ2) is 9.96. The SMILES string of the molecule is CC(C)C[C@H](NC(=O)[C@@H](NC(=O)c1ccc2ccccc2c1)[C@@H](C)O)B1O[C@@H]2C[C@@H]3C[C@@H](C3(C)C)[C@]2(C)O1. The first-order valence-electron chi connectivity index (χ1n) is 14.0.